The molecule has 2 nitrogen and oxygen atoms in total. The Labute approximate surface area is 192 Å². The van der Waals surface area contributed by atoms with Crippen LogP contribution in [-0.4, -0.2) is 22.8 Å². The summed E-state index contributed by atoms with van der Waals surface area (Å²) in [6, 6.07) is 2.38. The molecule has 3 heteroatoms. The van der Waals surface area contributed by atoms with E-state index in [1.807, 2.05) is 14.2 Å². The zero-order chi connectivity index (χ0) is 22.2. The number of hydrogen-bond acceptors (Lipinski definition) is 2. The van der Waals surface area contributed by atoms with E-state index in [2.05, 4.69) is 13.8 Å². The van der Waals surface area contributed by atoms with Crippen LogP contribution in [0.2, 0.25) is 12.1 Å². The number of rotatable bonds is 25. The van der Waals surface area contributed by atoms with Crippen molar-refractivity contribution in [3.05, 3.63) is 0 Å². The van der Waals surface area contributed by atoms with Gasteiger partial charge in [0.25, 0.3) is 0 Å². The average molecular weight is 443 g/mol. The van der Waals surface area contributed by atoms with Gasteiger partial charge in [0, 0.05) is 14.2 Å². The molecule has 0 aromatic rings. The van der Waals surface area contributed by atoms with E-state index in [-0.39, 0.29) is 0 Å². The SMILES string of the molecule is CCCCCCCCCCCCCCC[Si](CCCCCCCCCC)(OC)OC. The molecule has 182 valence electrons. The van der Waals surface area contributed by atoms with Crippen molar-refractivity contribution < 1.29 is 8.85 Å². The summed E-state index contributed by atoms with van der Waals surface area (Å²) in [6.45, 7) is 4.58. The van der Waals surface area contributed by atoms with E-state index >= 15 is 0 Å². The first kappa shape index (κ1) is 30.1. The summed E-state index contributed by atoms with van der Waals surface area (Å²) in [4.78, 5) is 0. The third-order valence-corrected chi connectivity index (χ3v) is 10.5. The van der Waals surface area contributed by atoms with Gasteiger partial charge in [-0.05, 0) is 12.1 Å². The Morgan fingerprint density at radius 2 is 0.600 bits per heavy atom. The van der Waals surface area contributed by atoms with Crippen LogP contribution in [0.4, 0.5) is 0 Å². The van der Waals surface area contributed by atoms with E-state index in [0.717, 1.165) is 0 Å². The standard InChI is InChI=1S/C27H58O2Si/c1-5-7-9-11-13-15-16-17-18-19-21-23-25-27-30(28-3,29-4)26-24-22-20-14-12-10-8-6-2/h5-27H2,1-4H3. The fourth-order valence-electron chi connectivity index (χ4n) is 4.56. The Morgan fingerprint density at radius 3 is 0.833 bits per heavy atom. The first-order valence-electron chi connectivity index (χ1n) is 13.8. The van der Waals surface area contributed by atoms with Gasteiger partial charge in [0.1, 0.15) is 0 Å². The highest BCUT2D eigenvalue weighted by Crippen LogP contribution is 2.25. The van der Waals surface area contributed by atoms with Gasteiger partial charge in [-0.15, -0.1) is 0 Å². The van der Waals surface area contributed by atoms with Gasteiger partial charge in [-0.2, -0.15) is 0 Å². The zero-order valence-corrected chi connectivity index (χ0v) is 22.6. The number of hydrogen-bond donors (Lipinski definition) is 0. The molecule has 30 heavy (non-hydrogen) atoms. The summed E-state index contributed by atoms with van der Waals surface area (Å²) < 4.78 is 11.9. The van der Waals surface area contributed by atoms with E-state index in [9.17, 15) is 0 Å². The Morgan fingerprint density at radius 1 is 0.367 bits per heavy atom. The smallest absolute Gasteiger partial charge is 0.337 e. The van der Waals surface area contributed by atoms with Crippen LogP contribution in [0.3, 0.4) is 0 Å². The summed E-state index contributed by atoms with van der Waals surface area (Å²) in [5.74, 6) is 0. The maximum atomic E-state index is 5.97. The van der Waals surface area contributed by atoms with Crippen molar-refractivity contribution in [3.63, 3.8) is 0 Å². The highest BCUT2D eigenvalue weighted by Gasteiger charge is 2.33. The van der Waals surface area contributed by atoms with Crippen LogP contribution in [-0.2, 0) is 8.85 Å². The average Bonchev–Trinajstić information content (AvgIpc) is 2.77. The fraction of sp³-hybridized carbons (Fsp3) is 1.00. The third-order valence-electron chi connectivity index (χ3n) is 6.82. The summed E-state index contributed by atoms with van der Waals surface area (Å²) in [5, 5.41) is 0. The molecule has 0 aromatic heterocycles. The van der Waals surface area contributed by atoms with Gasteiger partial charge in [-0.3, -0.25) is 0 Å². The summed E-state index contributed by atoms with van der Waals surface area (Å²) in [5.41, 5.74) is 0. The third kappa shape index (κ3) is 18.9. The van der Waals surface area contributed by atoms with Crippen molar-refractivity contribution >= 4 is 8.56 Å². The molecule has 0 spiro atoms. The monoisotopic (exact) mass is 442 g/mol. The van der Waals surface area contributed by atoms with Gasteiger partial charge in [-0.25, -0.2) is 0 Å². The van der Waals surface area contributed by atoms with E-state index < -0.39 is 8.56 Å². The van der Waals surface area contributed by atoms with Gasteiger partial charge in [0.2, 0.25) is 0 Å². The van der Waals surface area contributed by atoms with Crippen LogP contribution in [0, 0.1) is 0 Å². The molecule has 0 fully saturated rings. The molecule has 0 heterocycles. The molecule has 0 unspecified atom stereocenters. The summed E-state index contributed by atoms with van der Waals surface area (Å²) in [6.07, 6.45) is 29.4. The molecule has 0 atom stereocenters. The normalized spacial score (nSPS) is 12.0. The Hall–Kier alpha value is 0.137. The highest BCUT2D eigenvalue weighted by molar-refractivity contribution is 6.67. The second-order valence-corrected chi connectivity index (χ2v) is 13.2. The van der Waals surface area contributed by atoms with E-state index in [1.165, 1.54) is 147 Å². The van der Waals surface area contributed by atoms with Crippen molar-refractivity contribution in [1.29, 1.82) is 0 Å². The lowest BCUT2D eigenvalue weighted by Crippen LogP contribution is -2.39. The first-order valence-corrected chi connectivity index (χ1v) is 16.1. The van der Waals surface area contributed by atoms with Crippen LogP contribution < -0.4 is 0 Å². The molecule has 0 amide bonds. The zero-order valence-electron chi connectivity index (χ0n) is 21.6. The Balaban J connectivity index is 3.59. The minimum absolute atomic E-state index is 1.19. The molecule has 0 aliphatic rings. The van der Waals surface area contributed by atoms with Gasteiger partial charge in [0.05, 0.1) is 0 Å². The van der Waals surface area contributed by atoms with Crippen LogP contribution >= 0.6 is 0 Å². The predicted octanol–water partition coefficient (Wildman–Crippen LogP) is 9.95. The fourth-order valence-corrected chi connectivity index (χ4v) is 7.37. The van der Waals surface area contributed by atoms with Crippen molar-refractivity contribution in [2.75, 3.05) is 14.2 Å². The van der Waals surface area contributed by atoms with Gasteiger partial charge in [0.15, 0.2) is 0 Å². The van der Waals surface area contributed by atoms with Crippen molar-refractivity contribution in [2.24, 2.45) is 0 Å². The lowest BCUT2D eigenvalue weighted by Gasteiger charge is -2.27. The minimum Gasteiger partial charge on any atom is -0.398 e. The molecular weight excluding hydrogens is 384 g/mol. The second-order valence-electron chi connectivity index (χ2n) is 9.54. The quantitative estimate of drug-likeness (QED) is 0.103. The van der Waals surface area contributed by atoms with Crippen molar-refractivity contribution in [2.45, 2.75) is 161 Å². The predicted molar refractivity (Wildman–Crippen MR) is 138 cm³/mol. The maximum absolute atomic E-state index is 5.97. The van der Waals surface area contributed by atoms with Crippen LogP contribution in [0.1, 0.15) is 149 Å². The van der Waals surface area contributed by atoms with Crippen LogP contribution in [0.15, 0.2) is 0 Å². The Bertz CT molecular complexity index is 318. The van der Waals surface area contributed by atoms with Crippen LogP contribution in [0.5, 0.6) is 0 Å². The van der Waals surface area contributed by atoms with E-state index in [4.69, 9.17) is 8.85 Å². The van der Waals surface area contributed by atoms with Gasteiger partial charge < -0.3 is 8.85 Å². The summed E-state index contributed by atoms with van der Waals surface area (Å²) >= 11 is 0. The highest BCUT2D eigenvalue weighted by atomic mass is 28.4. The molecule has 0 aromatic carbocycles. The number of unbranched alkanes of at least 4 members (excludes halogenated alkanes) is 19. The minimum atomic E-state index is -1.92. The van der Waals surface area contributed by atoms with Crippen LogP contribution in [0.25, 0.3) is 0 Å². The molecular formula is C27H58O2Si. The topological polar surface area (TPSA) is 18.5 Å². The van der Waals surface area contributed by atoms with E-state index in [0.29, 0.717) is 0 Å². The molecule has 0 saturated heterocycles. The second kappa shape index (κ2) is 23.8. The molecule has 0 N–H and O–H groups in total. The van der Waals surface area contributed by atoms with Crippen molar-refractivity contribution in [3.8, 4) is 0 Å². The lowest BCUT2D eigenvalue weighted by atomic mass is 10.1. The molecule has 0 radical (unpaired) electrons. The molecule has 0 rings (SSSR count). The van der Waals surface area contributed by atoms with Gasteiger partial charge >= 0.3 is 8.56 Å². The van der Waals surface area contributed by atoms with E-state index in [1.54, 1.807) is 0 Å². The van der Waals surface area contributed by atoms with Gasteiger partial charge in [-0.1, -0.05) is 149 Å². The maximum Gasteiger partial charge on any atom is 0.337 e. The largest absolute Gasteiger partial charge is 0.398 e. The first-order chi connectivity index (χ1) is 14.7. The Kier molecular flexibility index (Phi) is 23.9. The molecule has 0 saturated carbocycles. The van der Waals surface area contributed by atoms with Crippen molar-refractivity contribution in [1.82, 2.24) is 0 Å². The lowest BCUT2D eigenvalue weighted by molar-refractivity contribution is 0.238. The summed E-state index contributed by atoms with van der Waals surface area (Å²) in [7, 11) is 1.86. The molecule has 0 bridgehead atoms. The molecule has 0 aliphatic heterocycles. The molecule has 0 aliphatic carbocycles.